The van der Waals surface area contributed by atoms with Gasteiger partial charge in [0.25, 0.3) is 0 Å². The van der Waals surface area contributed by atoms with Crippen LogP contribution in [0, 0.1) is 85.8 Å². The molecule has 24 atom stereocenters. The maximum Gasteiger partial charge on any atom is 0.338 e. The number of allylic oxidation sites excluding steroid dienone is 2. The molecule has 0 spiro atoms. The van der Waals surface area contributed by atoms with Gasteiger partial charge in [0.2, 0.25) is 0 Å². The Hall–Kier alpha value is -3.86. The van der Waals surface area contributed by atoms with Crippen molar-refractivity contribution >= 4 is 24.0 Å². The molecule has 0 bridgehead atoms. The summed E-state index contributed by atoms with van der Waals surface area (Å²) in [5.41, 5.74) is -0.314. The number of ether oxygens (including phenoxy) is 9. The van der Waals surface area contributed by atoms with E-state index in [1.54, 1.807) is 24.3 Å². The molecule has 2 aromatic rings. The SMILES string of the molecule is COC(=O)[C@]12CCC(C)(C)CC1C1=CCC3C4(C)CC[C@H](O[C@@H]5OC(C(C)=O)[C@H](C)[C@H](O[C@@H]6OC[C@H](C)[C@H](C)C6C)C5O[C@@H]5OC(COCc6ccccc6)[C@H](C)[C@H](C)C5OC(=O)c5ccccc5)[C@](C)(C=O)[C@@H]4CCC3(C)C1(C)CC2O. The largest absolute Gasteiger partial charge is 0.468 e. The first kappa shape index (κ1) is 62.2. The number of hydrogen-bond acceptors (Lipinski definition) is 14. The van der Waals surface area contributed by atoms with Gasteiger partial charge < -0.3 is 52.5 Å². The van der Waals surface area contributed by atoms with Gasteiger partial charge in [0.15, 0.2) is 30.8 Å². The normalized spacial score (nSPS) is 45.7. The fourth-order valence-corrected chi connectivity index (χ4v) is 18.2. The van der Waals surface area contributed by atoms with Crippen LogP contribution < -0.4 is 0 Å². The van der Waals surface area contributed by atoms with Crippen LogP contribution in [-0.4, -0.2) is 111 Å². The lowest BCUT2D eigenvalue weighted by atomic mass is 9.33. The molecule has 10 rings (SSSR count). The van der Waals surface area contributed by atoms with Crippen LogP contribution in [0.1, 0.15) is 164 Å². The Bertz CT molecular complexity index is 2680. The molecule has 0 aromatic heterocycles. The molecule has 4 saturated carbocycles. The molecular weight excluding hydrogens is 1050 g/mol. The van der Waals surface area contributed by atoms with E-state index in [4.69, 9.17) is 42.6 Å². The van der Waals surface area contributed by atoms with E-state index in [-0.39, 0.29) is 76.0 Å². The first-order chi connectivity index (χ1) is 39.3. The Morgan fingerprint density at radius 3 is 2.06 bits per heavy atom. The summed E-state index contributed by atoms with van der Waals surface area (Å²) in [5.74, 6) is -1.61. The molecule has 14 heteroatoms. The van der Waals surface area contributed by atoms with Gasteiger partial charge in [-0.2, -0.15) is 0 Å². The highest BCUT2D eigenvalue weighted by molar-refractivity contribution is 5.89. The monoisotopic (exact) mass is 1150 g/mol. The number of fused-ring (bicyclic) bond motifs is 7. The van der Waals surface area contributed by atoms with Gasteiger partial charge in [-0.1, -0.05) is 143 Å². The van der Waals surface area contributed by atoms with Crippen LogP contribution in [0.4, 0.5) is 0 Å². The van der Waals surface area contributed by atoms with Gasteiger partial charge in [-0.05, 0) is 140 Å². The molecule has 8 aliphatic rings. The molecule has 2 aromatic carbocycles. The topological polar surface area (TPSA) is 172 Å². The Morgan fingerprint density at radius 1 is 0.711 bits per heavy atom. The minimum absolute atomic E-state index is 0.00996. The lowest BCUT2D eigenvalue weighted by molar-refractivity contribution is -0.378. The second-order valence-electron chi connectivity index (χ2n) is 29.1. The molecule has 5 aliphatic carbocycles. The van der Waals surface area contributed by atoms with Gasteiger partial charge in [-0.25, -0.2) is 4.79 Å². The standard InChI is InChI=1S/C69H98O14/c1-39-35-77-60(43(5)40(39)2)82-56-44(6)55(45(7)71)81-62(58(56)83-61-57(80-59(73)47-23-19-16-20-24-47)42(4)41(3)50(78-61)37-76-36-46-21-17-15-18-22-46)79-54-28-29-65(10)51(66(54,11)38-70)27-30-67(12)52(65)26-25-48-49-33-64(8,9)31-32-69(49,63(74)75-14)53(72)34-68(48,67)13/h15-25,38-44,49-58,60-62,72H,26-37H2,1-14H3/t39-,40-,41+,42-,43?,44-,49?,50?,51+,52?,53?,54-,55?,56-,57?,58?,60-,61-,62+,65?,66+,67?,68?,69+/m0/s1. The third-order valence-electron chi connectivity index (χ3n) is 24.1. The Morgan fingerprint density at radius 2 is 1.39 bits per heavy atom. The fraction of sp³-hybridized carbons (Fsp3) is 0.739. The van der Waals surface area contributed by atoms with Crippen molar-refractivity contribution in [3.05, 3.63) is 83.4 Å². The molecule has 83 heavy (non-hydrogen) atoms. The number of methoxy groups -OCH3 is 1. The van der Waals surface area contributed by atoms with Crippen LogP contribution >= 0.6 is 0 Å². The molecule has 0 radical (unpaired) electrons. The number of benzene rings is 2. The van der Waals surface area contributed by atoms with Crippen molar-refractivity contribution in [3.8, 4) is 0 Å². The molecule has 0 amide bonds. The zero-order chi connectivity index (χ0) is 59.8. The number of esters is 2. The minimum Gasteiger partial charge on any atom is -0.468 e. The molecule has 458 valence electrons. The zero-order valence-corrected chi connectivity index (χ0v) is 52.1. The summed E-state index contributed by atoms with van der Waals surface area (Å²) in [6, 6.07) is 18.8. The zero-order valence-electron chi connectivity index (χ0n) is 52.1. The predicted molar refractivity (Wildman–Crippen MR) is 312 cm³/mol. The summed E-state index contributed by atoms with van der Waals surface area (Å²) in [5, 5.41) is 12.5. The van der Waals surface area contributed by atoms with Crippen LogP contribution in [0.3, 0.4) is 0 Å². The van der Waals surface area contributed by atoms with Crippen molar-refractivity contribution in [3.63, 3.8) is 0 Å². The van der Waals surface area contributed by atoms with Crippen molar-refractivity contribution in [1.82, 2.24) is 0 Å². The molecule has 14 nitrogen and oxygen atoms in total. The molecule has 3 saturated heterocycles. The molecular formula is C69H98O14. The first-order valence-corrected chi connectivity index (χ1v) is 31.5. The number of hydrogen-bond donors (Lipinski definition) is 1. The van der Waals surface area contributed by atoms with Gasteiger partial charge in [-0.3, -0.25) is 9.59 Å². The van der Waals surface area contributed by atoms with Crippen LogP contribution in [0.5, 0.6) is 0 Å². The second kappa shape index (κ2) is 23.7. The number of carbonyl (C=O) groups excluding carboxylic acids is 4. The summed E-state index contributed by atoms with van der Waals surface area (Å²) < 4.78 is 61.0. The second-order valence-corrected chi connectivity index (χ2v) is 29.1. The fourth-order valence-electron chi connectivity index (χ4n) is 18.2. The Balaban J connectivity index is 0.995. The lowest BCUT2D eigenvalue weighted by Crippen LogP contribution is -2.68. The van der Waals surface area contributed by atoms with E-state index in [0.717, 1.165) is 50.4 Å². The van der Waals surface area contributed by atoms with Crippen molar-refractivity contribution in [1.29, 1.82) is 0 Å². The van der Waals surface area contributed by atoms with E-state index in [1.807, 2.05) is 57.2 Å². The molecule has 11 unspecified atom stereocenters. The maximum atomic E-state index is 14.4. The molecule has 3 heterocycles. The van der Waals surface area contributed by atoms with Gasteiger partial charge in [0, 0.05) is 17.8 Å². The van der Waals surface area contributed by atoms with Crippen LogP contribution in [-0.2, 0) is 63.6 Å². The van der Waals surface area contributed by atoms with Gasteiger partial charge in [0.05, 0.1) is 62.3 Å². The lowest BCUT2D eigenvalue weighted by Gasteiger charge is -2.71. The van der Waals surface area contributed by atoms with E-state index >= 15 is 0 Å². The van der Waals surface area contributed by atoms with Gasteiger partial charge >= 0.3 is 11.9 Å². The van der Waals surface area contributed by atoms with E-state index < -0.39 is 89.7 Å². The van der Waals surface area contributed by atoms with Gasteiger partial charge in [0.1, 0.15) is 23.9 Å². The van der Waals surface area contributed by atoms with Crippen molar-refractivity contribution < 1.29 is 66.9 Å². The van der Waals surface area contributed by atoms with Crippen LogP contribution in [0.25, 0.3) is 0 Å². The summed E-state index contributed by atoms with van der Waals surface area (Å²) in [6.07, 6.45) is 0.903. The maximum absolute atomic E-state index is 14.4. The smallest absolute Gasteiger partial charge is 0.338 e. The van der Waals surface area contributed by atoms with Crippen LogP contribution in [0.2, 0.25) is 0 Å². The first-order valence-electron chi connectivity index (χ1n) is 31.5. The highest BCUT2D eigenvalue weighted by Gasteiger charge is 2.72. The van der Waals surface area contributed by atoms with Gasteiger partial charge in [-0.15, -0.1) is 0 Å². The van der Waals surface area contributed by atoms with Crippen molar-refractivity contribution in [2.75, 3.05) is 20.3 Å². The van der Waals surface area contributed by atoms with Crippen LogP contribution in [0.15, 0.2) is 72.3 Å². The summed E-state index contributed by atoms with van der Waals surface area (Å²) in [4.78, 5) is 56.6. The van der Waals surface area contributed by atoms with E-state index in [9.17, 15) is 24.3 Å². The number of carbonyl (C=O) groups is 4. The number of aldehydes is 1. The Labute approximate surface area is 494 Å². The summed E-state index contributed by atoms with van der Waals surface area (Å²) in [7, 11) is 1.45. The number of ketones is 1. The third-order valence-corrected chi connectivity index (χ3v) is 24.1. The highest BCUT2D eigenvalue weighted by Crippen LogP contribution is 2.76. The molecule has 1 N–H and O–H groups in total. The molecule has 3 aliphatic heterocycles. The third kappa shape index (κ3) is 10.8. The average Bonchev–Trinajstić information content (AvgIpc) is 2.11. The number of aliphatic hydroxyl groups is 1. The quantitative estimate of drug-likeness (QED) is 0.0773. The number of Topliss-reactive ketones (excluding diaryl/α,β-unsaturated/α-hetero) is 1. The number of aliphatic hydroxyl groups excluding tert-OH is 1. The average molecular weight is 1150 g/mol. The van der Waals surface area contributed by atoms with E-state index in [2.05, 4.69) is 68.4 Å². The summed E-state index contributed by atoms with van der Waals surface area (Å²) in [6.45, 7) is 29.0. The summed E-state index contributed by atoms with van der Waals surface area (Å²) >= 11 is 0. The van der Waals surface area contributed by atoms with Crippen molar-refractivity contribution in [2.45, 2.75) is 216 Å². The van der Waals surface area contributed by atoms with E-state index in [1.165, 1.54) is 19.6 Å². The Kier molecular flexibility index (Phi) is 17.7. The molecule has 7 fully saturated rings. The number of rotatable bonds is 15. The van der Waals surface area contributed by atoms with E-state index in [0.29, 0.717) is 44.0 Å². The highest BCUT2D eigenvalue weighted by atomic mass is 16.8. The predicted octanol–water partition coefficient (Wildman–Crippen LogP) is 11.9. The van der Waals surface area contributed by atoms with Crippen molar-refractivity contribution in [2.24, 2.45) is 85.8 Å². The minimum atomic E-state index is -1.25.